The molecule has 8 atom stereocenters. The van der Waals surface area contributed by atoms with Crippen molar-refractivity contribution in [2.75, 3.05) is 18.0 Å². The van der Waals surface area contributed by atoms with Gasteiger partial charge < -0.3 is 34.4 Å². The number of nitrogens with two attached hydrogens (primary N) is 6. The van der Waals surface area contributed by atoms with Crippen molar-refractivity contribution >= 4 is 11.4 Å². The topological polar surface area (TPSA) is 156 Å². The van der Waals surface area contributed by atoms with Gasteiger partial charge in [-0.3, -0.25) is 0 Å². The molecule has 5 fully saturated rings. The van der Waals surface area contributed by atoms with Gasteiger partial charge in [0.2, 0.25) is 0 Å². The van der Waals surface area contributed by atoms with Crippen LogP contribution in [0.5, 0.6) is 0 Å². The van der Waals surface area contributed by atoms with E-state index in [0.29, 0.717) is 18.1 Å². The molecule has 10 rings (SSSR count). The SMILES string of the molecule is CC1CCC(CC2CCC(N)C(C)C2)CC1C.CC1CCCC(CN)C1.NC1CCC(CC2CCC(N)CC2)CC1.Nc1ccc(C2(c3ccc(N)cc3)c3ccccc3-c3ccccc32)cc1. The molecular formula is C62H94N6. The van der Waals surface area contributed by atoms with E-state index in [9.17, 15) is 0 Å². The highest BCUT2D eigenvalue weighted by Crippen LogP contribution is 2.56. The second kappa shape index (κ2) is 24.9. The third kappa shape index (κ3) is 13.4. The van der Waals surface area contributed by atoms with Crippen molar-refractivity contribution in [2.24, 2.45) is 76.2 Å². The lowest BCUT2D eigenvalue weighted by atomic mass is 9.67. The minimum Gasteiger partial charge on any atom is -0.399 e. The first-order valence-electron chi connectivity index (χ1n) is 27.7. The fourth-order valence-electron chi connectivity index (χ4n) is 13.7. The normalized spacial score (nSPS) is 31.8. The van der Waals surface area contributed by atoms with E-state index in [1.54, 1.807) is 0 Å². The van der Waals surface area contributed by atoms with Crippen molar-refractivity contribution in [3.05, 3.63) is 119 Å². The minimum atomic E-state index is -0.380. The summed E-state index contributed by atoms with van der Waals surface area (Å²) in [7, 11) is 0. The van der Waals surface area contributed by atoms with Crippen LogP contribution in [0.4, 0.5) is 11.4 Å². The van der Waals surface area contributed by atoms with Gasteiger partial charge in [0.15, 0.2) is 0 Å². The van der Waals surface area contributed by atoms with Gasteiger partial charge in [-0.15, -0.1) is 0 Å². The van der Waals surface area contributed by atoms with Crippen LogP contribution in [0.15, 0.2) is 97.1 Å². The number of rotatable bonds is 7. The summed E-state index contributed by atoms with van der Waals surface area (Å²) < 4.78 is 0. The van der Waals surface area contributed by atoms with Crippen molar-refractivity contribution < 1.29 is 0 Å². The molecule has 6 heteroatoms. The van der Waals surface area contributed by atoms with Gasteiger partial charge in [0.05, 0.1) is 5.41 Å². The van der Waals surface area contributed by atoms with Crippen LogP contribution < -0.4 is 34.4 Å². The Balaban J connectivity index is 0.000000145. The van der Waals surface area contributed by atoms with Crippen molar-refractivity contribution in [2.45, 2.75) is 180 Å². The molecule has 0 amide bonds. The third-order valence-corrected chi connectivity index (χ3v) is 18.2. The predicted octanol–water partition coefficient (Wildman–Crippen LogP) is 13.6. The Morgan fingerprint density at radius 2 is 0.868 bits per heavy atom. The van der Waals surface area contributed by atoms with Crippen molar-refractivity contribution in [1.82, 2.24) is 0 Å². The summed E-state index contributed by atoms with van der Waals surface area (Å²) in [6.07, 6.45) is 27.6. The van der Waals surface area contributed by atoms with E-state index in [-0.39, 0.29) is 5.41 Å². The number of hydrogen-bond acceptors (Lipinski definition) is 6. The van der Waals surface area contributed by atoms with Gasteiger partial charge in [0.25, 0.3) is 0 Å². The first kappa shape index (κ1) is 52.2. The first-order chi connectivity index (χ1) is 32.8. The summed E-state index contributed by atoms with van der Waals surface area (Å²) >= 11 is 0. The lowest BCUT2D eigenvalue weighted by Crippen LogP contribution is -2.35. The highest BCUT2D eigenvalue weighted by atomic mass is 14.7. The Morgan fingerprint density at radius 3 is 1.31 bits per heavy atom. The van der Waals surface area contributed by atoms with E-state index < -0.39 is 0 Å². The Kier molecular flexibility index (Phi) is 19.1. The number of hydrogen-bond donors (Lipinski definition) is 6. The second-order valence-corrected chi connectivity index (χ2v) is 23.4. The van der Waals surface area contributed by atoms with E-state index in [2.05, 4.69) is 100 Å². The second-order valence-electron chi connectivity index (χ2n) is 23.4. The van der Waals surface area contributed by atoms with Crippen molar-refractivity contribution in [3.8, 4) is 11.1 Å². The number of anilines is 2. The van der Waals surface area contributed by atoms with Gasteiger partial charge in [-0.1, -0.05) is 126 Å². The molecule has 0 aliphatic heterocycles. The van der Waals surface area contributed by atoms with E-state index in [1.165, 1.54) is 162 Å². The molecular weight excluding hydrogens is 829 g/mol. The van der Waals surface area contributed by atoms with Crippen LogP contribution >= 0.6 is 0 Å². The summed E-state index contributed by atoms with van der Waals surface area (Å²) in [4.78, 5) is 0. The predicted molar refractivity (Wildman–Crippen MR) is 292 cm³/mol. The maximum absolute atomic E-state index is 6.11. The minimum absolute atomic E-state index is 0.380. The molecule has 0 radical (unpaired) electrons. The van der Waals surface area contributed by atoms with Crippen LogP contribution in [0.3, 0.4) is 0 Å². The summed E-state index contributed by atoms with van der Waals surface area (Å²) in [6.45, 7) is 10.5. The molecule has 4 aromatic carbocycles. The standard InChI is InChI=1S/C25H20N2.C16H31N.C13H26N2.C8H17N/c26-19-13-9-17(10-14-19)25(18-11-15-20(27)16-12-18)23-7-3-1-5-21(23)22-6-2-4-8-24(22)25;1-11-4-5-14(8-12(11)2)10-15-6-7-16(17)13(3)9-15;14-12-5-1-10(2-6-12)9-11-3-7-13(15)8-4-11;1-7-3-2-4-8(5-7)6-9/h1-16H,26-27H2;11-16H,4-10,17H2,1-3H3;10-13H,1-9,14-15H2;7-8H,2-6,9H2,1H3. The van der Waals surface area contributed by atoms with Crippen LogP contribution in [0.25, 0.3) is 11.1 Å². The van der Waals surface area contributed by atoms with E-state index in [1.807, 2.05) is 24.3 Å². The zero-order chi connectivity index (χ0) is 48.2. The largest absolute Gasteiger partial charge is 0.399 e. The zero-order valence-corrected chi connectivity index (χ0v) is 43.0. The van der Waals surface area contributed by atoms with Gasteiger partial charge in [-0.2, -0.15) is 0 Å². The molecule has 12 N–H and O–H groups in total. The molecule has 6 aliphatic rings. The van der Waals surface area contributed by atoms with Crippen LogP contribution in [0, 0.1) is 53.3 Å². The van der Waals surface area contributed by atoms with Crippen molar-refractivity contribution in [1.29, 1.82) is 0 Å². The molecule has 6 aliphatic carbocycles. The molecule has 4 aromatic rings. The third-order valence-electron chi connectivity index (χ3n) is 18.2. The highest BCUT2D eigenvalue weighted by Gasteiger charge is 2.45. The number of fused-ring (bicyclic) bond motifs is 3. The lowest BCUT2D eigenvalue weighted by Gasteiger charge is -2.37. The fourth-order valence-corrected chi connectivity index (χ4v) is 13.7. The van der Waals surface area contributed by atoms with Crippen LogP contribution in [-0.4, -0.2) is 24.7 Å². The molecule has 68 heavy (non-hydrogen) atoms. The summed E-state index contributed by atoms with van der Waals surface area (Å²) in [6, 6.07) is 35.4. The Bertz CT molecular complexity index is 1940. The summed E-state index contributed by atoms with van der Waals surface area (Å²) in [5.74, 6) is 8.41. The Labute approximate surface area is 413 Å². The highest BCUT2D eigenvalue weighted by molar-refractivity contribution is 5.86. The van der Waals surface area contributed by atoms with E-state index in [4.69, 9.17) is 34.4 Å². The molecule has 6 nitrogen and oxygen atoms in total. The Morgan fingerprint density at radius 1 is 0.426 bits per heavy atom. The lowest BCUT2D eigenvalue weighted by molar-refractivity contribution is 0.152. The summed E-state index contributed by atoms with van der Waals surface area (Å²) in [5.41, 5.74) is 44.3. The van der Waals surface area contributed by atoms with Gasteiger partial charge in [-0.05, 0) is 220 Å². The average molecular weight is 923 g/mol. The van der Waals surface area contributed by atoms with Gasteiger partial charge in [-0.25, -0.2) is 0 Å². The maximum atomic E-state index is 6.11. The van der Waals surface area contributed by atoms with Gasteiger partial charge in [0.1, 0.15) is 0 Å². The van der Waals surface area contributed by atoms with Crippen molar-refractivity contribution in [3.63, 3.8) is 0 Å². The fraction of sp³-hybridized carbons (Fsp3) is 0.613. The molecule has 0 spiro atoms. The van der Waals surface area contributed by atoms with Gasteiger partial charge >= 0.3 is 0 Å². The molecule has 0 aromatic heterocycles. The maximum Gasteiger partial charge on any atom is 0.0713 e. The molecule has 0 heterocycles. The zero-order valence-electron chi connectivity index (χ0n) is 43.0. The van der Waals surface area contributed by atoms with Crippen LogP contribution in [0.2, 0.25) is 0 Å². The Hall–Kier alpha value is -3.68. The molecule has 0 bridgehead atoms. The molecule has 5 saturated carbocycles. The quantitative estimate of drug-likeness (QED) is 0.0893. The number of benzene rings is 4. The number of nitrogen functional groups attached to an aromatic ring is 2. The molecule has 8 unspecified atom stereocenters. The average Bonchev–Trinajstić information content (AvgIpc) is 3.65. The van der Waals surface area contributed by atoms with Crippen LogP contribution in [0.1, 0.15) is 178 Å². The van der Waals surface area contributed by atoms with E-state index >= 15 is 0 Å². The summed E-state index contributed by atoms with van der Waals surface area (Å²) in [5, 5.41) is 0. The smallest absolute Gasteiger partial charge is 0.0713 e. The van der Waals surface area contributed by atoms with E-state index in [0.717, 1.165) is 71.2 Å². The molecule has 0 saturated heterocycles. The monoisotopic (exact) mass is 923 g/mol. The van der Waals surface area contributed by atoms with Gasteiger partial charge in [0, 0.05) is 29.5 Å². The first-order valence-corrected chi connectivity index (χ1v) is 27.7. The van der Waals surface area contributed by atoms with Crippen LogP contribution in [-0.2, 0) is 5.41 Å². The molecule has 372 valence electrons.